The Morgan fingerprint density at radius 3 is 2.81 bits per heavy atom. The molecule has 4 aliphatic rings. The average Bonchev–Trinajstić information content (AvgIpc) is 3.23. The Morgan fingerprint density at radius 2 is 2.08 bits per heavy atom. The summed E-state index contributed by atoms with van der Waals surface area (Å²) in [6, 6.07) is 8.62. The van der Waals surface area contributed by atoms with E-state index < -0.39 is 5.91 Å². The first-order valence-corrected chi connectivity index (χ1v) is 9.01. The van der Waals surface area contributed by atoms with Crippen LogP contribution in [0.15, 0.2) is 53.1 Å². The molecule has 1 amide bonds. The maximum Gasteiger partial charge on any atom is 0.246 e. The first-order chi connectivity index (χ1) is 12.2. The van der Waals surface area contributed by atoms with Gasteiger partial charge in [0.2, 0.25) is 5.91 Å². The largest absolute Gasteiger partial charge is 0.366 e. The van der Waals surface area contributed by atoms with Gasteiger partial charge in [-0.25, -0.2) is 0 Å². The number of nitrogens with one attached hydrogen (secondary N) is 2. The minimum absolute atomic E-state index is 0. The maximum atomic E-state index is 11.6. The number of halogens is 1. The highest BCUT2D eigenvalue weighted by Gasteiger charge is 2.55. The molecule has 1 saturated heterocycles. The molecule has 2 fully saturated rings. The number of allylic oxidation sites excluding steroid dienone is 2. The number of carbonyl (C=O) groups excluding carboxylic acids is 1. The van der Waals surface area contributed by atoms with Crippen LogP contribution in [-0.2, 0) is 10.2 Å². The van der Waals surface area contributed by atoms with Crippen molar-refractivity contribution in [1.29, 1.82) is 0 Å². The van der Waals surface area contributed by atoms with Gasteiger partial charge < -0.3 is 16.4 Å². The second kappa shape index (κ2) is 6.25. The Labute approximate surface area is 159 Å². The minimum atomic E-state index is -0.397. The van der Waals surface area contributed by atoms with Crippen molar-refractivity contribution in [2.75, 3.05) is 13.1 Å². The predicted octanol–water partition coefficient (Wildman–Crippen LogP) is 1.43. The van der Waals surface area contributed by atoms with E-state index in [1.165, 1.54) is 18.4 Å². The predicted molar refractivity (Wildman–Crippen MR) is 105 cm³/mol. The lowest BCUT2D eigenvalue weighted by molar-refractivity contribution is -0.114. The summed E-state index contributed by atoms with van der Waals surface area (Å²) < 4.78 is 0. The fourth-order valence-electron chi connectivity index (χ4n) is 4.67. The van der Waals surface area contributed by atoms with Crippen molar-refractivity contribution in [2.24, 2.45) is 16.6 Å². The zero-order valence-electron chi connectivity index (χ0n) is 14.4. The third-order valence-corrected chi connectivity index (χ3v) is 6.21. The molecule has 2 aliphatic heterocycles. The van der Waals surface area contributed by atoms with E-state index in [0.717, 1.165) is 30.4 Å². The van der Waals surface area contributed by atoms with Crippen LogP contribution in [0.25, 0.3) is 0 Å². The van der Waals surface area contributed by atoms with E-state index in [2.05, 4.69) is 34.9 Å². The first kappa shape index (κ1) is 17.3. The van der Waals surface area contributed by atoms with Crippen LogP contribution < -0.4 is 16.4 Å². The van der Waals surface area contributed by atoms with Crippen molar-refractivity contribution >= 4 is 24.1 Å². The molecule has 2 aliphatic carbocycles. The van der Waals surface area contributed by atoms with Crippen molar-refractivity contribution in [2.45, 2.75) is 30.3 Å². The topological polar surface area (TPSA) is 79.5 Å². The summed E-state index contributed by atoms with van der Waals surface area (Å²) in [7, 11) is 0. The Hall–Kier alpha value is -2.11. The molecule has 4 N–H and O–H groups in total. The number of fused-ring (bicyclic) bond motifs is 2. The Bertz CT molecular complexity index is 829. The van der Waals surface area contributed by atoms with Crippen LogP contribution in [0, 0.1) is 5.92 Å². The van der Waals surface area contributed by atoms with Crippen molar-refractivity contribution in [3.05, 3.63) is 59.2 Å². The van der Waals surface area contributed by atoms with Gasteiger partial charge in [-0.2, -0.15) is 0 Å². The Kier molecular flexibility index (Phi) is 4.16. The fraction of sp³-hybridized carbons (Fsp3) is 0.400. The van der Waals surface area contributed by atoms with Gasteiger partial charge in [-0.3, -0.25) is 9.79 Å². The van der Waals surface area contributed by atoms with Gasteiger partial charge >= 0.3 is 0 Å². The lowest BCUT2D eigenvalue weighted by Gasteiger charge is -2.23. The molecule has 1 saturated carbocycles. The molecule has 136 valence electrons. The molecule has 1 aromatic rings. The quantitative estimate of drug-likeness (QED) is 0.753. The second-order valence-electron chi connectivity index (χ2n) is 7.55. The van der Waals surface area contributed by atoms with E-state index >= 15 is 0 Å². The number of rotatable bonds is 3. The summed E-state index contributed by atoms with van der Waals surface area (Å²) >= 11 is 0. The zero-order valence-corrected chi connectivity index (χ0v) is 15.3. The van der Waals surface area contributed by atoms with E-state index in [1.54, 1.807) is 6.08 Å². The van der Waals surface area contributed by atoms with E-state index in [1.807, 2.05) is 12.2 Å². The number of aliphatic imine (C=N–C) groups is 1. The van der Waals surface area contributed by atoms with Crippen LogP contribution in [0.5, 0.6) is 0 Å². The maximum absolute atomic E-state index is 11.6. The average molecular weight is 371 g/mol. The summed E-state index contributed by atoms with van der Waals surface area (Å²) in [5.41, 5.74) is 8.99. The lowest BCUT2D eigenvalue weighted by atomic mass is 9.87. The van der Waals surface area contributed by atoms with Crippen molar-refractivity contribution < 1.29 is 4.79 Å². The number of hydrogen-bond acceptors (Lipinski definition) is 4. The van der Waals surface area contributed by atoms with Gasteiger partial charge in [0.25, 0.3) is 0 Å². The fourth-order valence-corrected chi connectivity index (χ4v) is 4.67. The first-order valence-electron chi connectivity index (χ1n) is 9.01. The van der Waals surface area contributed by atoms with E-state index in [4.69, 9.17) is 10.7 Å². The summed E-state index contributed by atoms with van der Waals surface area (Å²) in [6.45, 7) is 2.26. The minimum Gasteiger partial charge on any atom is -0.366 e. The van der Waals surface area contributed by atoms with Gasteiger partial charge in [0.15, 0.2) is 0 Å². The van der Waals surface area contributed by atoms with Crippen LogP contribution in [0.3, 0.4) is 0 Å². The summed E-state index contributed by atoms with van der Waals surface area (Å²) in [6.07, 6.45) is 8.21. The van der Waals surface area contributed by atoms with E-state index in [0.29, 0.717) is 11.0 Å². The van der Waals surface area contributed by atoms with Gasteiger partial charge in [-0.1, -0.05) is 42.5 Å². The van der Waals surface area contributed by atoms with Crippen LogP contribution in [-0.4, -0.2) is 36.9 Å². The molecule has 0 bridgehead atoms. The van der Waals surface area contributed by atoms with E-state index in [9.17, 15) is 4.79 Å². The van der Waals surface area contributed by atoms with Gasteiger partial charge in [0, 0.05) is 16.6 Å². The van der Waals surface area contributed by atoms with Crippen molar-refractivity contribution in [1.82, 2.24) is 10.6 Å². The number of amidine groups is 1. The molecule has 1 aromatic carbocycles. The number of amides is 1. The molecule has 2 heterocycles. The van der Waals surface area contributed by atoms with Crippen LogP contribution in [0.2, 0.25) is 0 Å². The normalized spacial score (nSPS) is 33.8. The number of piperidine rings is 1. The molecular formula is C20H23ClN4O. The van der Waals surface area contributed by atoms with Gasteiger partial charge in [-0.15, -0.1) is 12.4 Å². The number of primary amides is 1. The Morgan fingerprint density at radius 1 is 1.27 bits per heavy atom. The zero-order chi connectivity index (χ0) is 17.0. The standard InChI is InChI=1S/C20H22N4O.ClH/c21-18(25)15-2-1-3-16-17(15)24-19(23-16)12-4-6-13(7-5-12)20-8-9-22-11-14(20)10-20;/h1-7,14,16-17,22H,8-11H2,(H2,21,25)(H,23,24);1H. The molecule has 4 atom stereocenters. The van der Waals surface area contributed by atoms with Crippen molar-refractivity contribution in [3.8, 4) is 0 Å². The van der Waals surface area contributed by atoms with Gasteiger partial charge in [0.1, 0.15) is 11.9 Å². The van der Waals surface area contributed by atoms with Crippen LogP contribution >= 0.6 is 12.4 Å². The summed E-state index contributed by atoms with van der Waals surface area (Å²) in [5, 5.41) is 6.91. The molecule has 5 rings (SSSR count). The van der Waals surface area contributed by atoms with Crippen LogP contribution in [0.4, 0.5) is 0 Å². The second-order valence-corrected chi connectivity index (χ2v) is 7.55. The third kappa shape index (κ3) is 2.58. The SMILES string of the molecule is Cl.NC(=O)C1=CC=CC2NC(c3ccc(C45CCNCC4C5)cc3)=NC12. The smallest absolute Gasteiger partial charge is 0.246 e. The molecule has 26 heavy (non-hydrogen) atoms. The molecule has 0 spiro atoms. The Balaban J connectivity index is 0.00000168. The highest BCUT2D eigenvalue weighted by atomic mass is 35.5. The third-order valence-electron chi connectivity index (χ3n) is 6.21. The highest BCUT2D eigenvalue weighted by molar-refractivity contribution is 6.03. The monoisotopic (exact) mass is 370 g/mol. The molecule has 0 aromatic heterocycles. The van der Waals surface area contributed by atoms with Crippen molar-refractivity contribution in [3.63, 3.8) is 0 Å². The van der Waals surface area contributed by atoms with Gasteiger partial charge in [0.05, 0.1) is 6.04 Å². The molecular weight excluding hydrogens is 348 g/mol. The van der Waals surface area contributed by atoms with Crippen LogP contribution in [0.1, 0.15) is 24.0 Å². The summed E-state index contributed by atoms with van der Waals surface area (Å²) in [4.78, 5) is 16.3. The summed E-state index contributed by atoms with van der Waals surface area (Å²) in [5.74, 6) is 1.24. The number of hydrogen-bond donors (Lipinski definition) is 3. The van der Waals surface area contributed by atoms with E-state index in [-0.39, 0.29) is 24.5 Å². The molecule has 5 nitrogen and oxygen atoms in total. The number of carbonyl (C=O) groups is 1. The highest BCUT2D eigenvalue weighted by Crippen LogP contribution is 2.57. The molecule has 6 heteroatoms. The molecule has 0 radical (unpaired) electrons. The lowest BCUT2D eigenvalue weighted by Crippen LogP contribution is -2.38. The number of nitrogens with zero attached hydrogens (tertiary/aromatic N) is 1. The number of benzene rings is 1. The number of nitrogens with two attached hydrogens (primary N) is 1. The molecule has 4 unspecified atom stereocenters. The van der Waals surface area contributed by atoms with Gasteiger partial charge in [-0.05, 0) is 37.4 Å².